The lowest BCUT2D eigenvalue weighted by atomic mass is 10.2. The van der Waals surface area contributed by atoms with Gasteiger partial charge in [-0.25, -0.2) is 0 Å². The number of hydrogen-bond acceptors (Lipinski definition) is 3. The van der Waals surface area contributed by atoms with Crippen LogP contribution in [-0.2, 0) is 0 Å². The van der Waals surface area contributed by atoms with Crippen molar-refractivity contribution in [3.05, 3.63) is 18.2 Å². The highest BCUT2D eigenvalue weighted by molar-refractivity contribution is 9.09. The van der Waals surface area contributed by atoms with Crippen molar-refractivity contribution in [3.63, 3.8) is 0 Å². The summed E-state index contributed by atoms with van der Waals surface area (Å²) in [5.74, 6) is 2.42. The van der Waals surface area contributed by atoms with Crippen LogP contribution in [0.1, 0.15) is 19.3 Å². The van der Waals surface area contributed by atoms with Gasteiger partial charge in [-0.1, -0.05) is 15.9 Å². The third-order valence-corrected chi connectivity index (χ3v) is 2.95. The lowest BCUT2D eigenvalue weighted by molar-refractivity contribution is 0.173. The van der Waals surface area contributed by atoms with Crippen LogP contribution in [-0.4, -0.2) is 18.7 Å². The molecule has 16 heavy (non-hydrogen) atoms. The molecular weight excluding hydrogens is 272 g/mol. The summed E-state index contributed by atoms with van der Waals surface area (Å²) in [6, 6.07) is 5.68. The van der Waals surface area contributed by atoms with Gasteiger partial charge in [0.2, 0.25) is 6.79 Å². The Kier molecular flexibility index (Phi) is 4.34. The summed E-state index contributed by atoms with van der Waals surface area (Å²) in [6.07, 6.45) is 3.47. The van der Waals surface area contributed by atoms with E-state index in [0.717, 1.165) is 35.6 Å². The molecule has 0 N–H and O–H groups in total. The van der Waals surface area contributed by atoms with Crippen molar-refractivity contribution in [1.82, 2.24) is 0 Å². The summed E-state index contributed by atoms with van der Waals surface area (Å²) in [7, 11) is 0. The molecule has 1 aliphatic rings. The molecule has 1 aromatic rings. The van der Waals surface area contributed by atoms with Crippen molar-refractivity contribution in [1.29, 1.82) is 0 Å². The summed E-state index contributed by atoms with van der Waals surface area (Å²) < 4.78 is 16.1. The fourth-order valence-electron chi connectivity index (χ4n) is 1.53. The van der Waals surface area contributed by atoms with Gasteiger partial charge in [-0.05, 0) is 31.4 Å². The predicted molar refractivity (Wildman–Crippen MR) is 65.7 cm³/mol. The summed E-state index contributed by atoms with van der Waals surface area (Å²) in [5.41, 5.74) is 0. The van der Waals surface area contributed by atoms with Crippen LogP contribution < -0.4 is 14.2 Å². The summed E-state index contributed by atoms with van der Waals surface area (Å²) in [5, 5.41) is 1.07. The normalized spacial score (nSPS) is 12.8. The van der Waals surface area contributed by atoms with Crippen molar-refractivity contribution in [2.75, 3.05) is 18.7 Å². The van der Waals surface area contributed by atoms with Gasteiger partial charge in [-0.15, -0.1) is 0 Å². The van der Waals surface area contributed by atoms with Gasteiger partial charge in [0.15, 0.2) is 11.5 Å². The molecular formula is C12H15BrO3. The zero-order valence-electron chi connectivity index (χ0n) is 9.08. The second kappa shape index (κ2) is 5.99. The van der Waals surface area contributed by atoms with Crippen LogP contribution in [0.3, 0.4) is 0 Å². The number of fused-ring (bicyclic) bond motifs is 1. The van der Waals surface area contributed by atoms with Crippen LogP contribution in [0.15, 0.2) is 18.2 Å². The van der Waals surface area contributed by atoms with E-state index in [0.29, 0.717) is 6.79 Å². The van der Waals surface area contributed by atoms with E-state index in [4.69, 9.17) is 14.2 Å². The van der Waals surface area contributed by atoms with Crippen molar-refractivity contribution in [2.45, 2.75) is 19.3 Å². The lowest BCUT2D eigenvalue weighted by Gasteiger charge is -2.06. The van der Waals surface area contributed by atoms with E-state index < -0.39 is 0 Å². The van der Waals surface area contributed by atoms with Crippen LogP contribution in [0.25, 0.3) is 0 Å². The zero-order valence-corrected chi connectivity index (χ0v) is 10.7. The molecule has 0 unspecified atom stereocenters. The highest BCUT2D eigenvalue weighted by atomic mass is 79.9. The molecule has 1 aliphatic heterocycles. The molecule has 88 valence electrons. The lowest BCUT2D eigenvalue weighted by Crippen LogP contribution is -1.97. The molecule has 0 bridgehead atoms. The van der Waals surface area contributed by atoms with Gasteiger partial charge in [0, 0.05) is 11.4 Å². The van der Waals surface area contributed by atoms with E-state index in [1.54, 1.807) is 0 Å². The maximum absolute atomic E-state index is 5.63. The number of rotatable bonds is 6. The Labute approximate surface area is 104 Å². The molecule has 0 radical (unpaired) electrons. The fraction of sp³-hybridized carbons (Fsp3) is 0.500. The second-order valence-corrected chi connectivity index (χ2v) is 4.41. The van der Waals surface area contributed by atoms with E-state index in [9.17, 15) is 0 Å². The standard InChI is InChI=1S/C12H15BrO3/c13-6-2-1-3-7-14-10-4-5-11-12(8-10)16-9-15-11/h4-5,8H,1-3,6-7,9H2. The Bertz CT molecular complexity index is 341. The van der Waals surface area contributed by atoms with Gasteiger partial charge < -0.3 is 14.2 Å². The SMILES string of the molecule is BrCCCCCOc1ccc2c(c1)OCO2. The molecule has 4 heteroatoms. The van der Waals surface area contributed by atoms with E-state index in [1.807, 2.05) is 18.2 Å². The Morgan fingerprint density at radius 3 is 2.88 bits per heavy atom. The molecule has 0 atom stereocenters. The smallest absolute Gasteiger partial charge is 0.231 e. The molecule has 2 rings (SSSR count). The van der Waals surface area contributed by atoms with Gasteiger partial charge in [0.25, 0.3) is 0 Å². The van der Waals surface area contributed by atoms with E-state index in [1.165, 1.54) is 12.8 Å². The molecule has 3 nitrogen and oxygen atoms in total. The first kappa shape index (κ1) is 11.6. The Balaban J connectivity index is 1.77. The molecule has 0 aliphatic carbocycles. The maximum Gasteiger partial charge on any atom is 0.231 e. The van der Waals surface area contributed by atoms with Crippen LogP contribution >= 0.6 is 15.9 Å². The van der Waals surface area contributed by atoms with Gasteiger partial charge in [-0.2, -0.15) is 0 Å². The number of alkyl halides is 1. The molecule has 0 saturated heterocycles. The van der Waals surface area contributed by atoms with Crippen LogP contribution in [0.5, 0.6) is 17.2 Å². The van der Waals surface area contributed by atoms with Crippen molar-refractivity contribution in [3.8, 4) is 17.2 Å². The third kappa shape index (κ3) is 3.04. The van der Waals surface area contributed by atoms with Gasteiger partial charge in [0.1, 0.15) is 5.75 Å². The fourth-order valence-corrected chi connectivity index (χ4v) is 1.93. The minimum atomic E-state index is 0.310. The first-order chi connectivity index (χ1) is 7.90. The molecule has 0 fully saturated rings. The van der Waals surface area contributed by atoms with E-state index in [2.05, 4.69) is 15.9 Å². The van der Waals surface area contributed by atoms with E-state index in [-0.39, 0.29) is 0 Å². The molecule has 0 saturated carbocycles. The Morgan fingerprint density at radius 2 is 2.00 bits per heavy atom. The Morgan fingerprint density at radius 1 is 1.12 bits per heavy atom. The van der Waals surface area contributed by atoms with E-state index >= 15 is 0 Å². The number of hydrogen-bond donors (Lipinski definition) is 0. The Hall–Kier alpha value is -0.900. The van der Waals surface area contributed by atoms with Crippen LogP contribution in [0.4, 0.5) is 0 Å². The molecule has 0 spiro atoms. The summed E-state index contributed by atoms with van der Waals surface area (Å²) in [4.78, 5) is 0. The van der Waals surface area contributed by atoms with Gasteiger partial charge in [-0.3, -0.25) is 0 Å². The first-order valence-corrected chi connectivity index (χ1v) is 6.61. The van der Waals surface area contributed by atoms with Crippen molar-refractivity contribution in [2.24, 2.45) is 0 Å². The molecule has 1 aromatic carbocycles. The molecule has 1 heterocycles. The first-order valence-electron chi connectivity index (χ1n) is 5.48. The van der Waals surface area contributed by atoms with Crippen LogP contribution in [0.2, 0.25) is 0 Å². The quantitative estimate of drug-likeness (QED) is 0.593. The third-order valence-electron chi connectivity index (χ3n) is 2.39. The average Bonchev–Trinajstić information content (AvgIpc) is 2.76. The highest BCUT2D eigenvalue weighted by Gasteiger charge is 2.13. The number of ether oxygens (including phenoxy) is 3. The number of unbranched alkanes of at least 4 members (excludes halogenated alkanes) is 2. The number of halogens is 1. The topological polar surface area (TPSA) is 27.7 Å². The second-order valence-electron chi connectivity index (χ2n) is 3.61. The molecule has 0 aromatic heterocycles. The summed E-state index contributed by atoms with van der Waals surface area (Å²) in [6.45, 7) is 1.07. The summed E-state index contributed by atoms with van der Waals surface area (Å²) >= 11 is 3.41. The van der Waals surface area contributed by atoms with Gasteiger partial charge in [0.05, 0.1) is 6.61 Å². The minimum absolute atomic E-state index is 0.310. The maximum atomic E-state index is 5.63. The van der Waals surface area contributed by atoms with Crippen LogP contribution in [0, 0.1) is 0 Å². The predicted octanol–water partition coefficient (Wildman–Crippen LogP) is 3.36. The monoisotopic (exact) mass is 286 g/mol. The van der Waals surface area contributed by atoms with Crippen molar-refractivity contribution >= 4 is 15.9 Å². The highest BCUT2D eigenvalue weighted by Crippen LogP contribution is 2.35. The van der Waals surface area contributed by atoms with Gasteiger partial charge >= 0.3 is 0 Å². The molecule has 0 amide bonds. The van der Waals surface area contributed by atoms with Crippen molar-refractivity contribution < 1.29 is 14.2 Å². The number of benzene rings is 1. The largest absolute Gasteiger partial charge is 0.493 e. The minimum Gasteiger partial charge on any atom is -0.493 e. The average molecular weight is 287 g/mol. The zero-order chi connectivity index (χ0) is 11.2.